The first-order valence-corrected chi connectivity index (χ1v) is 17.6. The van der Waals surface area contributed by atoms with E-state index in [0.29, 0.717) is 12.5 Å². The van der Waals surface area contributed by atoms with E-state index in [1.165, 1.54) is 23.7 Å². The van der Waals surface area contributed by atoms with Crippen LogP contribution >= 0.6 is 0 Å². The molecule has 3 nitrogen and oxygen atoms in total. The lowest BCUT2D eigenvalue weighted by Gasteiger charge is -2.35. The summed E-state index contributed by atoms with van der Waals surface area (Å²) in [6.45, 7) is 24.1. The molecule has 0 aliphatic carbocycles. The van der Waals surface area contributed by atoms with Crippen molar-refractivity contribution in [3.8, 4) is 0 Å². The Morgan fingerprint density at radius 1 is 0.968 bits per heavy atom. The molecule has 0 radical (unpaired) electrons. The molecule has 0 aliphatic heterocycles. The fourth-order valence-corrected chi connectivity index (χ4v) is 6.79. The van der Waals surface area contributed by atoms with Crippen molar-refractivity contribution in [3.63, 3.8) is 0 Å². The Balaban J connectivity index is 4.62. The zero-order valence-corrected chi connectivity index (χ0v) is 24.5. The van der Waals surface area contributed by atoms with E-state index < -0.39 is 16.6 Å². The van der Waals surface area contributed by atoms with Crippen LogP contribution in [0.5, 0.6) is 0 Å². The number of methoxy groups -OCH3 is 1. The van der Waals surface area contributed by atoms with Gasteiger partial charge in [-0.15, -0.1) is 0 Å². The molecule has 0 aromatic heterocycles. The average molecular weight is 469 g/mol. The molecule has 2 atom stereocenters. The Hall–Kier alpha value is -0.466. The molecule has 0 aliphatic rings. The highest BCUT2D eigenvalue weighted by molar-refractivity contribution is 6.74. The van der Waals surface area contributed by atoms with Crippen molar-refractivity contribution in [3.05, 3.63) is 36.0 Å². The second kappa shape index (κ2) is 14.6. The lowest BCUT2D eigenvalue weighted by atomic mass is 10.1. The third-order valence-corrected chi connectivity index (χ3v) is 16.1. The number of ether oxygens (including phenoxy) is 1. The van der Waals surface area contributed by atoms with Gasteiger partial charge in [0.15, 0.2) is 16.6 Å². The van der Waals surface area contributed by atoms with E-state index in [0.717, 1.165) is 13.0 Å². The maximum atomic E-state index is 6.38. The lowest BCUT2D eigenvalue weighted by molar-refractivity contribution is 0.114. The van der Waals surface area contributed by atoms with Gasteiger partial charge in [0.05, 0.1) is 12.7 Å². The quantitative estimate of drug-likeness (QED) is 0.138. The van der Waals surface area contributed by atoms with Gasteiger partial charge in [0.1, 0.15) is 0 Å². The minimum atomic E-state index is -1.67. The Bertz CT molecular complexity index is 561. The molecule has 0 saturated carbocycles. The molecule has 0 heterocycles. The highest BCUT2D eigenvalue weighted by Gasteiger charge is 2.36. The van der Waals surface area contributed by atoms with Crippen molar-refractivity contribution >= 4 is 16.6 Å². The zero-order chi connectivity index (χ0) is 24.1. The van der Waals surface area contributed by atoms with Crippen LogP contribution in [0.3, 0.4) is 0 Å². The van der Waals surface area contributed by atoms with Crippen LogP contribution in [0, 0.1) is 5.92 Å². The predicted octanol–water partition coefficient (Wildman–Crippen LogP) is 8.13. The van der Waals surface area contributed by atoms with Crippen LogP contribution in [-0.2, 0) is 13.6 Å². The molecular weight excluding hydrogens is 416 g/mol. The maximum Gasteiger partial charge on any atom is 0.192 e. The first-order valence-electron chi connectivity index (χ1n) is 12.2. The zero-order valence-electron chi connectivity index (χ0n) is 22.5. The second-order valence-electron chi connectivity index (χ2n) is 10.3. The van der Waals surface area contributed by atoms with E-state index in [1.807, 2.05) is 0 Å². The highest BCUT2D eigenvalue weighted by Crippen LogP contribution is 2.36. The SMILES string of the molecule is CC[Si](CC)(CC)OCC[C@@H](/C=C(C)/C=C/[C@@H](C)/C=C/CO[Si](C)(C)C(C)(C)C)OC. The molecule has 5 heteroatoms. The van der Waals surface area contributed by atoms with Crippen molar-refractivity contribution in [1.82, 2.24) is 0 Å². The van der Waals surface area contributed by atoms with E-state index >= 15 is 0 Å². The monoisotopic (exact) mass is 468 g/mol. The van der Waals surface area contributed by atoms with Crippen molar-refractivity contribution in [2.45, 2.75) is 104 Å². The van der Waals surface area contributed by atoms with Gasteiger partial charge < -0.3 is 13.6 Å². The molecule has 0 spiro atoms. The fraction of sp³-hybridized carbons (Fsp3) is 0.769. The largest absolute Gasteiger partial charge is 0.417 e. The molecule has 0 saturated heterocycles. The number of allylic oxidation sites excluding steroid dienone is 4. The Morgan fingerprint density at radius 3 is 2.03 bits per heavy atom. The highest BCUT2D eigenvalue weighted by atomic mass is 28.4. The third kappa shape index (κ3) is 11.8. The summed E-state index contributed by atoms with van der Waals surface area (Å²) >= 11 is 0. The third-order valence-electron chi connectivity index (χ3n) is 6.94. The first kappa shape index (κ1) is 30.5. The van der Waals surface area contributed by atoms with Gasteiger partial charge in [-0.05, 0) is 55.5 Å². The van der Waals surface area contributed by atoms with Crippen molar-refractivity contribution in [1.29, 1.82) is 0 Å². The molecule has 0 rings (SSSR count). The second-order valence-corrected chi connectivity index (χ2v) is 19.9. The fourth-order valence-electron chi connectivity index (χ4n) is 3.18. The van der Waals surface area contributed by atoms with Gasteiger partial charge in [0.2, 0.25) is 0 Å². The summed E-state index contributed by atoms with van der Waals surface area (Å²) in [4.78, 5) is 0. The van der Waals surface area contributed by atoms with Crippen LogP contribution in [0.2, 0.25) is 36.3 Å². The smallest absolute Gasteiger partial charge is 0.192 e. The molecule has 182 valence electrons. The van der Waals surface area contributed by atoms with E-state index in [-0.39, 0.29) is 11.1 Å². The van der Waals surface area contributed by atoms with E-state index in [9.17, 15) is 0 Å². The van der Waals surface area contributed by atoms with Crippen LogP contribution < -0.4 is 0 Å². The van der Waals surface area contributed by atoms with Gasteiger partial charge in [-0.3, -0.25) is 0 Å². The van der Waals surface area contributed by atoms with Gasteiger partial charge in [0.25, 0.3) is 0 Å². The van der Waals surface area contributed by atoms with Crippen molar-refractivity contribution in [2.75, 3.05) is 20.3 Å². The number of rotatable bonds is 15. The van der Waals surface area contributed by atoms with Crippen LogP contribution in [0.1, 0.15) is 61.8 Å². The summed E-state index contributed by atoms with van der Waals surface area (Å²) in [6.07, 6.45) is 12.0. The van der Waals surface area contributed by atoms with Crippen LogP contribution in [0.25, 0.3) is 0 Å². The molecule has 0 aromatic rings. The minimum Gasteiger partial charge on any atom is -0.417 e. The normalized spacial score (nSPS) is 16.4. The summed E-state index contributed by atoms with van der Waals surface area (Å²) in [5.41, 5.74) is 1.23. The van der Waals surface area contributed by atoms with Gasteiger partial charge in [-0.25, -0.2) is 0 Å². The summed E-state index contributed by atoms with van der Waals surface area (Å²) < 4.78 is 18.3. The first-order chi connectivity index (χ1) is 14.4. The van der Waals surface area contributed by atoms with Crippen LogP contribution in [-0.4, -0.2) is 43.1 Å². The molecule has 0 bridgehead atoms. The van der Waals surface area contributed by atoms with Crippen LogP contribution in [0.15, 0.2) is 36.0 Å². The number of hydrogen-bond acceptors (Lipinski definition) is 3. The lowest BCUT2D eigenvalue weighted by Crippen LogP contribution is -2.40. The minimum absolute atomic E-state index is 0.103. The molecule has 0 aromatic carbocycles. The Labute approximate surface area is 196 Å². The van der Waals surface area contributed by atoms with Gasteiger partial charge in [-0.2, -0.15) is 0 Å². The average Bonchev–Trinajstić information content (AvgIpc) is 2.71. The topological polar surface area (TPSA) is 27.7 Å². The summed E-state index contributed by atoms with van der Waals surface area (Å²) in [5.74, 6) is 0.376. The van der Waals surface area contributed by atoms with Crippen LogP contribution in [0.4, 0.5) is 0 Å². The molecular formula is C26H52O3Si2. The van der Waals surface area contributed by atoms with E-state index in [2.05, 4.69) is 98.9 Å². The molecule has 0 N–H and O–H groups in total. The predicted molar refractivity (Wildman–Crippen MR) is 143 cm³/mol. The van der Waals surface area contributed by atoms with Crippen molar-refractivity contribution < 1.29 is 13.6 Å². The Morgan fingerprint density at radius 2 is 1.55 bits per heavy atom. The van der Waals surface area contributed by atoms with E-state index in [4.69, 9.17) is 13.6 Å². The standard InChI is InChI=1S/C26H52O3Si2/c1-12-31(13-2,14-3)29-21-19-25(27-9)22-24(5)18-17-23(4)16-15-20-28-30(10,11)26(6,7)8/h15-18,22-23,25H,12-14,19-21H2,1-11H3/b16-15+,18-17+,24-22+/t23-,25-/m0/s1. The number of hydrogen-bond donors (Lipinski definition) is 0. The maximum absolute atomic E-state index is 6.38. The van der Waals surface area contributed by atoms with E-state index in [1.54, 1.807) is 7.11 Å². The Kier molecular flexibility index (Phi) is 14.4. The summed E-state index contributed by atoms with van der Waals surface area (Å²) in [5, 5.41) is 0.254. The van der Waals surface area contributed by atoms with Gasteiger partial charge in [-0.1, -0.05) is 84.4 Å². The summed E-state index contributed by atoms with van der Waals surface area (Å²) in [7, 11) is -1.39. The molecule has 0 amide bonds. The molecule has 0 unspecified atom stereocenters. The van der Waals surface area contributed by atoms with Crippen molar-refractivity contribution in [2.24, 2.45) is 5.92 Å². The molecule has 31 heavy (non-hydrogen) atoms. The van der Waals surface area contributed by atoms with Gasteiger partial charge in [0, 0.05) is 13.7 Å². The summed E-state index contributed by atoms with van der Waals surface area (Å²) in [6, 6.07) is 3.59. The van der Waals surface area contributed by atoms with Gasteiger partial charge >= 0.3 is 0 Å². The molecule has 0 fully saturated rings.